The lowest BCUT2D eigenvalue weighted by Gasteiger charge is -2.26. The van der Waals surface area contributed by atoms with E-state index >= 15 is 0 Å². The Morgan fingerprint density at radius 2 is 1.93 bits per heavy atom. The van der Waals surface area contributed by atoms with Gasteiger partial charge in [-0.1, -0.05) is 19.3 Å². The predicted octanol–water partition coefficient (Wildman–Crippen LogP) is 3.98. The molecule has 0 bridgehead atoms. The summed E-state index contributed by atoms with van der Waals surface area (Å²) in [5.74, 6) is 0.506. The SMILES string of the molecule is Cc1cc(C(O)C2CCCCC2)c(C)s1. The van der Waals surface area contributed by atoms with Gasteiger partial charge in [-0.05, 0) is 44.2 Å². The van der Waals surface area contributed by atoms with Crippen molar-refractivity contribution >= 4 is 11.3 Å². The quantitative estimate of drug-likeness (QED) is 0.805. The first kappa shape index (κ1) is 11.2. The third-order valence-corrected chi connectivity index (χ3v) is 4.48. The van der Waals surface area contributed by atoms with Gasteiger partial charge in [-0.25, -0.2) is 0 Å². The van der Waals surface area contributed by atoms with Crippen LogP contribution in [0.25, 0.3) is 0 Å². The Labute approximate surface area is 96.1 Å². The lowest BCUT2D eigenvalue weighted by atomic mass is 9.83. The number of aliphatic hydroxyl groups is 1. The Morgan fingerprint density at radius 1 is 1.27 bits per heavy atom. The van der Waals surface area contributed by atoms with Crippen LogP contribution in [0.15, 0.2) is 6.07 Å². The third-order valence-electron chi connectivity index (χ3n) is 3.49. The number of hydrogen-bond acceptors (Lipinski definition) is 2. The summed E-state index contributed by atoms with van der Waals surface area (Å²) in [5.41, 5.74) is 1.18. The van der Waals surface area contributed by atoms with E-state index in [0.29, 0.717) is 5.92 Å². The van der Waals surface area contributed by atoms with Gasteiger partial charge in [0.1, 0.15) is 0 Å². The number of thiophene rings is 1. The van der Waals surface area contributed by atoms with Crippen LogP contribution < -0.4 is 0 Å². The smallest absolute Gasteiger partial charge is 0.0828 e. The van der Waals surface area contributed by atoms with Crippen LogP contribution >= 0.6 is 11.3 Å². The summed E-state index contributed by atoms with van der Waals surface area (Å²) in [7, 11) is 0. The monoisotopic (exact) mass is 224 g/mol. The Hall–Kier alpha value is -0.340. The van der Waals surface area contributed by atoms with E-state index in [4.69, 9.17) is 0 Å². The first-order chi connectivity index (χ1) is 7.18. The zero-order chi connectivity index (χ0) is 10.8. The molecule has 0 radical (unpaired) electrons. The topological polar surface area (TPSA) is 20.2 Å². The highest BCUT2D eigenvalue weighted by Gasteiger charge is 2.24. The molecule has 1 N–H and O–H groups in total. The number of hydrogen-bond donors (Lipinski definition) is 1. The minimum Gasteiger partial charge on any atom is -0.388 e. The number of aryl methyl sites for hydroxylation is 2. The van der Waals surface area contributed by atoms with Gasteiger partial charge in [-0.3, -0.25) is 0 Å². The minimum atomic E-state index is -0.213. The van der Waals surface area contributed by atoms with Gasteiger partial charge in [0, 0.05) is 9.75 Å². The summed E-state index contributed by atoms with van der Waals surface area (Å²) < 4.78 is 0. The van der Waals surface area contributed by atoms with Crippen molar-refractivity contribution in [3.8, 4) is 0 Å². The van der Waals surface area contributed by atoms with E-state index in [2.05, 4.69) is 19.9 Å². The van der Waals surface area contributed by atoms with E-state index in [9.17, 15) is 5.11 Å². The first-order valence-electron chi connectivity index (χ1n) is 5.93. The Balaban J connectivity index is 2.12. The van der Waals surface area contributed by atoms with Crippen molar-refractivity contribution in [2.24, 2.45) is 5.92 Å². The molecule has 1 unspecified atom stereocenters. The highest BCUT2D eigenvalue weighted by Crippen LogP contribution is 2.37. The maximum absolute atomic E-state index is 10.3. The van der Waals surface area contributed by atoms with Gasteiger partial charge in [0.15, 0.2) is 0 Å². The predicted molar refractivity (Wildman–Crippen MR) is 65.3 cm³/mol. The summed E-state index contributed by atoms with van der Waals surface area (Å²) >= 11 is 1.80. The van der Waals surface area contributed by atoms with Crippen molar-refractivity contribution in [3.05, 3.63) is 21.4 Å². The Kier molecular flexibility index (Phi) is 3.47. The van der Waals surface area contributed by atoms with E-state index in [1.165, 1.54) is 47.4 Å². The zero-order valence-electron chi connectivity index (χ0n) is 9.62. The molecule has 1 aliphatic rings. The van der Waals surface area contributed by atoms with Crippen LogP contribution in [-0.4, -0.2) is 5.11 Å². The summed E-state index contributed by atoms with van der Waals surface area (Å²) in [4.78, 5) is 2.61. The van der Waals surface area contributed by atoms with Gasteiger partial charge in [0.05, 0.1) is 6.10 Å². The molecule has 1 atom stereocenters. The van der Waals surface area contributed by atoms with Gasteiger partial charge in [0.25, 0.3) is 0 Å². The maximum atomic E-state index is 10.3. The molecule has 15 heavy (non-hydrogen) atoms. The molecule has 1 fully saturated rings. The third kappa shape index (κ3) is 2.43. The first-order valence-corrected chi connectivity index (χ1v) is 6.75. The van der Waals surface area contributed by atoms with Gasteiger partial charge < -0.3 is 5.11 Å². The summed E-state index contributed by atoms with van der Waals surface area (Å²) in [5, 5.41) is 10.3. The average Bonchev–Trinajstić information content (AvgIpc) is 2.58. The van der Waals surface area contributed by atoms with Crippen molar-refractivity contribution in [2.45, 2.75) is 52.1 Å². The lowest BCUT2D eigenvalue weighted by molar-refractivity contribution is 0.0847. The minimum absolute atomic E-state index is 0.213. The second kappa shape index (κ2) is 4.67. The van der Waals surface area contributed by atoms with Gasteiger partial charge in [-0.15, -0.1) is 11.3 Å². The highest BCUT2D eigenvalue weighted by molar-refractivity contribution is 7.12. The van der Waals surface area contributed by atoms with E-state index in [-0.39, 0.29) is 6.10 Å². The molecule has 1 heterocycles. The molecule has 1 saturated carbocycles. The number of rotatable bonds is 2. The molecule has 1 aliphatic carbocycles. The van der Waals surface area contributed by atoms with Crippen LogP contribution in [0.3, 0.4) is 0 Å². The Morgan fingerprint density at radius 3 is 2.47 bits per heavy atom. The average molecular weight is 224 g/mol. The maximum Gasteiger partial charge on any atom is 0.0828 e. The Bertz CT molecular complexity index is 323. The van der Waals surface area contributed by atoms with Crippen LogP contribution in [0.1, 0.15) is 53.5 Å². The molecule has 0 aromatic carbocycles. The van der Waals surface area contributed by atoms with Crippen LogP contribution in [0.4, 0.5) is 0 Å². The molecule has 1 nitrogen and oxygen atoms in total. The van der Waals surface area contributed by atoms with E-state index in [1.54, 1.807) is 11.3 Å². The van der Waals surface area contributed by atoms with Crippen LogP contribution in [0, 0.1) is 19.8 Å². The summed E-state index contributed by atoms with van der Waals surface area (Å²) in [6, 6.07) is 2.17. The fourth-order valence-electron chi connectivity index (χ4n) is 2.65. The fraction of sp³-hybridized carbons (Fsp3) is 0.692. The molecule has 84 valence electrons. The van der Waals surface area contributed by atoms with Gasteiger partial charge in [-0.2, -0.15) is 0 Å². The number of aliphatic hydroxyl groups excluding tert-OH is 1. The molecule has 0 amide bonds. The second-order valence-electron chi connectivity index (χ2n) is 4.71. The van der Waals surface area contributed by atoms with Crippen molar-refractivity contribution in [1.29, 1.82) is 0 Å². The lowest BCUT2D eigenvalue weighted by Crippen LogP contribution is -2.15. The molecule has 0 aliphatic heterocycles. The normalized spacial score (nSPS) is 20.5. The highest BCUT2D eigenvalue weighted by atomic mass is 32.1. The van der Waals surface area contributed by atoms with Crippen molar-refractivity contribution in [3.63, 3.8) is 0 Å². The molecule has 0 saturated heterocycles. The van der Waals surface area contributed by atoms with Gasteiger partial charge in [0.2, 0.25) is 0 Å². The second-order valence-corrected chi connectivity index (χ2v) is 6.17. The molecular formula is C13H20OS. The van der Waals surface area contributed by atoms with E-state index in [1.807, 2.05) is 0 Å². The van der Waals surface area contributed by atoms with Crippen LogP contribution in [0.2, 0.25) is 0 Å². The van der Waals surface area contributed by atoms with Crippen LogP contribution in [0.5, 0.6) is 0 Å². The van der Waals surface area contributed by atoms with E-state index in [0.717, 1.165) is 0 Å². The molecule has 1 aromatic rings. The molecule has 0 spiro atoms. The van der Waals surface area contributed by atoms with Crippen molar-refractivity contribution in [1.82, 2.24) is 0 Å². The van der Waals surface area contributed by atoms with Crippen molar-refractivity contribution < 1.29 is 5.11 Å². The summed E-state index contributed by atoms with van der Waals surface area (Å²) in [6.07, 6.45) is 6.14. The fourth-order valence-corrected chi connectivity index (χ4v) is 3.61. The van der Waals surface area contributed by atoms with E-state index < -0.39 is 0 Å². The zero-order valence-corrected chi connectivity index (χ0v) is 10.4. The van der Waals surface area contributed by atoms with Crippen molar-refractivity contribution in [2.75, 3.05) is 0 Å². The largest absolute Gasteiger partial charge is 0.388 e. The molecular weight excluding hydrogens is 204 g/mol. The molecule has 1 aromatic heterocycles. The molecule has 2 heteroatoms. The molecule has 2 rings (SSSR count). The van der Waals surface area contributed by atoms with Crippen LogP contribution in [-0.2, 0) is 0 Å². The summed E-state index contributed by atoms with van der Waals surface area (Å²) in [6.45, 7) is 4.24. The standard InChI is InChI=1S/C13H20OS/c1-9-8-12(10(2)15-9)13(14)11-6-4-3-5-7-11/h8,11,13-14H,3-7H2,1-2H3. The van der Waals surface area contributed by atoms with Gasteiger partial charge >= 0.3 is 0 Å².